The Morgan fingerprint density at radius 3 is 2.19 bits per heavy atom. The van der Waals surface area contributed by atoms with Gasteiger partial charge in [0.1, 0.15) is 11.5 Å². The summed E-state index contributed by atoms with van der Waals surface area (Å²) in [6.07, 6.45) is 3.30. The van der Waals surface area contributed by atoms with Crippen molar-refractivity contribution >= 4 is 23.3 Å². The van der Waals surface area contributed by atoms with Crippen LogP contribution in [0.1, 0.15) is 11.1 Å². The minimum Gasteiger partial charge on any atom is -0.497 e. The number of hydrogen-bond acceptors (Lipinski definition) is 3. The first kappa shape index (κ1) is 20.1. The van der Waals surface area contributed by atoms with Gasteiger partial charge >= 0.3 is 0 Å². The third kappa shape index (κ3) is 4.51. The first-order chi connectivity index (χ1) is 12.1. The van der Waals surface area contributed by atoms with Gasteiger partial charge in [0, 0.05) is 30.2 Å². The number of likely N-dealkylation sites (N-methyl/N-ethyl adjacent to an activating group) is 1. The average molecular weight is 375 g/mol. The average Bonchev–Trinajstić information content (AvgIpc) is 2.97. The van der Waals surface area contributed by atoms with Crippen LogP contribution in [0.3, 0.4) is 0 Å². The van der Waals surface area contributed by atoms with Gasteiger partial charge in [-0.1, -0.05) is 12.1 Å². The Morgan fingerprint density at radius 2 is 1.58 bits per heavy atom. The molecule has 1 heterocycles. The number of benzene rings is 2. The van der Waals surface area contributed by atoms with Gasteiger partial charge < -0.3 is 18.9 Å². The molecule has 3 rings (SSSR count). The van der Waals surface area contributed by atoms with E-state index in [-0.39, 0.29) is 12.4 Å². The van der Waals surface area contributed by atoms with Crippen molar-refractivity contribution in [2.45, 2.75) is 13.0 Å². The molecule has 0 atom stereocenters. The molecule has 3 aromatic rings. The highest BCUT2D eigenvalue weighted by Crippen LogP contribution is 2.27. The van der Waals surface area contributed by atoms with Crippen molar-refractivity contribution in [3.05, 3.63) is 59.8 Å². The van der Waals surface area contributed by atoms with Gasteiger partial charge in [-0.05, 0) is 62.0 Å². The summed E-state index contributed by atoms with van der Waals surface area (Å²) in [4.78, 5) is 2.22. The fourth-order valence-corrected chi connectivity index (χ4v) is 3.08. The standard InChI is InChI=1S/C21H26N2O2.ClH/c1-22(2)12-11-17-15-23(14-16-5-7-18(24-3)8-6-16)21-10-9-19(25-4)13-20(17)21;/h5-10,13,15H,11-12,14H2,1-4H3;1H. The highest BCUT2D eigenvalue weighted by Gasteiger charge is 2.11. The van der Waals surface area contributed by atoms with Crippen molar-refractivity contribution in [2.24, 2.45) is 0 Å². The molecule has 2 aromatic carbocycles. The van der Waals surface area contributed by atoms with Gasteiger partial charge in [0.15, 0.2) is 0 Å². The molecule has 5 heteroatoms. The summed E-state index contributed by atoms with van der Waals surface area (Å²) in [6, 6.07) is 14.6. The molecule has 4 nitrogen and oxygen atoms in total. The highest BCUT2D eigenvalue weighted by molar-refractivity contribution is 5.86. The summed E-state index contributed by atoms with van der Waals surface area (Å²) >= 11 is 0. The van der Waals surface area contributed by atoms with Crippen LogP contribution in [0.15, 0.2) is 48.7 Å². The van der Waals surface area contributed by atoms with Gasteiger partial charge in [0.05, 0.1) is 14.2 Å². The topological polar surface area (TPSA) is 26.6 Å². The Hall–Kier alpha value is -2.17. The van der Waals surface area contributed by atoms with Gasteiger partial charge in [0.2, 0.25) is 0 Å². The third-order valence-electron chi connectivity index (χ3n) is 4.51. The number of methoxy groups -OCH3 is 2. The minimum atomic E-state index is 0. The Morgan fingerprint density at radius 1 is 0.923 bits per heavy atom. The van der Waals surface area contributed by atoms with Crippen molar-refractivity contribution in [1.82, 2.24) is 9.47 Å². The zero-order valence-electron chi connectivity index (χ0n) is 15.9. The smallest absolute Gasteiger partial charge is 0.119 e. The maximum atomic E-state index is 5.42. The number of hydrogen-bond donors (Lipinski definition) is 0. The van der Waals surface area contributed by atoms with E-state index in [0.29, 0.717) is 0 Å². The number of ether oxygens (including phenoxy) is 2. The number of aromatic nitrogens is 1. The molecule has 0 fully saturated rings. The van der Waals surface area contributed by atoms with Crippen LogP contribution < -0.4 is 9.47 Å². The van der Waals surface area contributed by atoms with Crippen molar-refractivity contribution in [3.63, 3.8) is 0 Å². The molecule has 26 heavy (non-hydrogen) atoms. The zero-order chi connectivity index (χ0) is 17.8. The van der Waals surface area contributed by atoms with Crippen molar-refractivity contribution in [2.75, 3.05) is 34.9 Å². The van der Waals surface area contributed by atoms with E-state index < -0.39 is 0 Å². The maximum Gasteiger partial charge on any atom is 0.119 e. The molecule has 0 radical (unpaired) electrons. The fourth-order valence-electron chi connectivity index (χ4n) is 3.08. The molecule has 0 amide bonds. The lowest BCUT2D eigenvalue weighted by molar-refractivity contribution is 0.413. The summed E-state index contributed by atoms with van der Waals surface area (Å²) in [7, 11) is 7.63. The van der Waals surface area contributed by atoms with Crippen molar-refractivity contribution in [1.29, 1.82) is 0 Å². The van der Waals surface area contributed by atoms with Gasteiger partial charge in [-0.15, -0.1) is 12.4 Å². The first-order valence-corrected chi connectivity index (χ1v) is 8.54. The third-order valence-corrected chi connectivity index (χ3v) is 4.51. The van der Waals surface area contributed by atoms with Gasteiger partial charge in [0.25, 0.3) is 0 Å². The van der Waals surface area contributed by atoms with E-state index in [0.717, 1.165) is 31.0 Å². The SMILES string of the molecule is COc1ccc(Cn2cc(CCN(C)C)c3cc(OC)ccc32)cc1.Cl. The number of rotatable bonds is 7. The van der Waals surface area contributed by atoms with Crippen molar-refractivity contribution < 1.29 is 9.47 Å². The molecular weight excluding hydrogens is 348 g/mol. The Labute approximate surface area is 161 Å². The molecule has 0 saturated heterocycles. The van der Waals surface area contributed by atoms with E-state index in [1.807, 2.05) is 18.2 Å². The summed E-state index contributed by atoms with van der Waals surface area (Å²) in [5.41, 5.74) is 3.86. The van der Waals surface area contributed by atoms with Crippen molar-refractivity contribution in [3.8, 4) is 11.5 Å². The number of halogens is 1. The van der Waals surface area contributed by atoms with Crippen LogP contribution in [-0.4, -0.2) is 44.3 Å². The maximum absolute atomic E-state index is 5.42. The molecule has 0 aliphatic heterocycles. The summed E-state index contributed by atoms with van der Waals surface area (Å²) in [6.45, 7) is 1.87. The predicted octanol–water partition coefficient (Wildman–Crippen LogP) is 4.23. The molecule has 1 aromatic heterocycles. The van der Waals surface area contributed by atoms with Crippen LogP contribution in [0.2, 0.25) is 0 Å². The van der Waals surface area contributed by atoms with Gasteiger partial charge in [-0.2, -0.15) is 0 Å². The Balaban J connectivity index is 0.00000243. The summed E-state index contributed by atoms with van der Waals surface area (Å²) in [5, 5.41) is 1.27. The first-order valence-electron chi connectivity index (χ1n) is 8.54. The van der Waals surface area contributed by atoms with Crippen LogP contribution in [-0.2, 0) is 13.0 Å². The van der Waals surface area contributed by atoms with E-state index in [4.69, 9.17) is 9.47 Å². The normalized spacial score (nSPS) is 10.8. The highest BCUT2D eigenvalue weighted by atomic mass is 35.5. The van der Waals surface area contributed by atoms with Crippen LogP contribution in [0, 0.1) is 0 Å². The second kappa shape index (κ2) is 8.97. The van der Waals surface area contributed by atoms with E-state index in [9.17, 15) is 0 Å². The van der Waals surface area contributed by atoms with Crippen LogP contribution in [0.4, 0.5) is 0 Å². The predicted molar refractivity (Wildman–Crippen MR) is 110 cm³/mol. The van der Waals surface area contributed by atoms with E-state index in [1.54, 1.807) is 14.2 Å². The molecule has 0 saturated carbocycles. The second-order valence-electron chi connectivity index (χ2n) is 6.57. The van der Waals surface area contributed by atoms with E-state index >= 15 is 0 Å². The monoisotopic (exact) mass is 374 g/mol. The number of fused-ring (bicyclic) bond motifs is 1. The zero-order valence-corrected chi connectivity index (χ0v) is 16.7. The largest absolute Gasteiger partial charge is 0.497 e. The van der Waals surface area contributed by atoms with Crippen LogP contribution in [0.25, 0.3) is 10.9 Å². The molecule has 0 spiro atoms. The molecule has 0 unspecified atom stereocenters. The number of nitrogens with zero attached hydrogens (tertiary/aromatic N) is 2. The summed E-state index contributed by atoms with van der Waals surface area (Å²) < 4.78 is 13.0. The molecule has 140 valence electrons. The fraction of sp³-hybridized carbons (Fsp3) is 0.333. The van der Waals surface area contributed by atoms with Gasteiger partial charge in [-0.25, -0.2) is 0 Å². The van der Waals surface area contributed by atoms with Crippen LogP contribution in [0.5, 0.6) is 11.5 Å². The van der Waals surface area contributed by atoms with E-state index in [2.05, 4.69) is 54.0 Å². The lowest BCUT2D eigenvalue weighted by Gasteiger charge is -2.08. The molecular formula is C21H27ClN2O2. The quantitative estimate of drug-likeness (QED) is 0.619. The molecule has 0 bridgehead atoms. The second-order valence-corrected chi connectivity index (χ2v) is 6.57. The van der Waals surface area contributed by atoms with Crippen LogP contribution >= 0.6 is 12.4 Å². The Bertz CT molecular complexity index is 841. The van der Waals surface area contributed by atoms with Gasteiger partial charge in [-0.3, -0.25) is 0 Å². The minimum absolute atomic E-state index is 0. The molecule has 0 aliphatic rings. The molecule has 0 N–H and O–H groups in total. The lowest BCUT2D eigenvalue weighted by atomic mass is 10.1. The molecule has 0 aliphatic carbocycles. The lowest BCUT2D eigenvalue weighted by Crippen LogP contribution is -2.14. The summed E-state index contributed by atoms with van der Waals surface area (Å²) in [5.74, 6) is 1.79. The van der Waals surface area contributed by atoms with E-state index in [1.165, 1.54) is 22.0 Å². The Kier molecular flexibility index (Phi) is 6.95.